The molecule has 0 amide bonds. The Bertz CT molecular complexity index is 490. The molecule has 0 aliphatic carbocycles. The summed E-state index contributed by atoms with van der Waals surface area (Å²) in [7, 11) is 0. The number of aromatic nitrogens is 5. The van der Waals surface area contributed by atoms with Gasteiger partial charge in [0.15, 0.2) is 5.65 Å². The van der Waals surface area contributed by atoms with Crippen molar-refractivity contribution in [1.29, 1.82) is 0 Å². The molecule has 0 aliphatic heterocycles. The first-order valence-corrected chi connectivity index (χ1v) is 4.74. The highest BCUT2D eigenvalue weighted by atomic mass is 16.1. The number of ketones is 1. The van der Waals surface area contributed by atoms with E-state index in [4.69, 9.17) is 0 Å². The van der Waals surface area contributed by atoms with Gasteiger partial charge in [-0.25, -0.2) is 0 Å². The highest BCUT2D eigenvalue weighted by Gasteiger charge is 2.10. The monoisotopic (exact) mass is 205 g/mol. The molecule has 0 radical (unpaired) electrons. The summed E-state index contributed by atoms with van der Waals surface area (Å²) in [5, 5.41) is 15.0. The lowest BCUT2D eigenvalue weighted by atomic mass is 10.0. The molecule has 0 aromatic carbocycles. The van der Waals surface area contributed by atoms with E-state index in [2.05, 4.69) is 20.6 Å². The first kappa shape index (κ1) is 9.70. The molecule has 78 valence electrons. The number of tetrazole rings is 1. The highest BCUT2D eigenvalue weighted by Crippen LogP contribution is 2.03. The molecule has 2 aromatic heterocycles. The Balaban J connectivity index is 2.25. The van der Waals surface area contributed by atoms with Gasteiger partial charge in [-0.15, -0.1) is 9.73 Å². The summed E-state index contributed by atoms with van der Waals surface area (Å²) in [6, 6.07) is 3.52. The summed E-state index contributed by atoms with van der Waals surface area (Å²) in [6.07, 6.45) is 0.327. The van der Waals surface area contributed by atoms with Gasteiger partial charge in [0.25, 0.3) is 0 Å². The summed E-state index contributed by atoms with van der Waals surface area (Å²) in [4.78, 5) is 11.5. The van der Waals surface area contributed by atoms with Gasteiger partial charge >= 0.3 is 0 Å². The molecule has 0 saturated carbocycles. The van der Waals surface area contributed by atoms with Crippen LogP contribution in [-0.2, 0) is 11.2 Å². The molecule has 0 unspecified atom stereocenters. The minimum absolute atomic E-state index is 0.0244. The SMILES string of the molecule is CC(C)C(=O)Cc1ccc2nnnn2n1. The second kappa shape index (κ2) is 3.72. The smallest absolute Gasteiger partial charge is 0.199 e. The topological polar surface area (TPSA) is 73.0 Å². The van der Waals surface area contributed by atoms with Crippen molar-refractivity contribution in [2.75, 3.05) is 0 Å². The summed E-state index contributed by atoms with van der Waals surface area (Å²) >= 11 is 0. The van der Waals surface area contributed by atoms with Crippen LogP contribution in [0.4, 0.5) is 0 Å². The zero-order chi connectivity index (χ0) is 10.8. The molecule has 15 heavy (non-hydrogen) atoms. The van der Waals surface area contributed by atoms with E-state index in [-0.39, 0.29) is 11.7 Å². The van der Waals surface area contributed by atoms with Crippen molar-refractivity contribution in [2.45, 2.75) is 20.3 Å². The molecule has 0 aliphatic rings. The predicted octanol–water partition coefficient (Wildman–Crippen LogP) is 0.287. The van der Waals surface area contributed by atoms with Crippen LogP contribution >= 0.6 is 0 Å². The van der Waals surface area contributed by atoms with E-state index in [1.807, 2.05) is 13.8 Å². The fraction of sp³-hybridized carbons (Fsp3) is 0.444. The van der Waals surface area contributed by atoms with Gasteiger partial charge in [-0.3, -0.25) is 4.79 Å². The summed E-state index contributed by atoms with van der Waals surface area (Å²) in [6.45, 7) is 3.75. The Morgan fingerprint density at radius 2 is 2.27 bits per heavy atom. The Morgan fingerprint density at radius 1 is 1.47 bits per heavy atom. The molecule has 6 heteroatoms. The van der Waals surface area contributed by atoms with Gasteiger partial charge in [0.2, 0.25) is 0 Å². The predicted molar refractivity (Wildman–Crippen MR) is 52.1 cm³/mol. The molecular weight excluding hydrogens is 194 g/mol. The van der Waals surface area contributed by atoms with Gasteiger partial charge in [-0.05, 0) is 22.6 Å². The van der Waals surface area contributed by atoms with Crippen LogP contribution in [0, 0.1) is 5.92 Å². The molecule has 2 aromatic rings. The third kappa shape index (κ3) is 1.98. The number of hydrogen-bond donors (Lipinski definition) is 0. The summed E-state index contributed by atoms with van der Waals surface area (Å²) in [5.74, 6) is 0.186. The van der Waals surface area contributed by atoms with Crippen molar-refractivity contribution < 1.29 is 4.79 Å². The second-order valence-corrected chi connectivity index (χ2v) is 3.65. The van der Waals surface area contributed by atoms with Crippen molar-refractivity contribution >= 4 is 11.4 Å². The van der Waals surface area contributed by atoms with Crippen LogP contribution in [0.1, 0.15) is 19.5 Å². The molecular formula is C9H11N5O. The first-order chi connectivity index (χ1) is 7.16. The number of carbonyl (C=O) groups excluding carboxylic acids is 1. The van der Waals surface area contributed by atoms with E-state index < -0.39 is 0 Å². The molecule has 2 rings (SSSR count). The number of rotatable bonds is 3. The van der Waals surface area contributed by atoms with Crippen LogP contribution in [0.25, 0.3) is 5.65 Å². The lowest BCUT2D eigenvalue weighted by Gasteiger charge is -2.02. The van der Waals surface area contributed by atoms with Gasteiger partial charge in [0, 0.05) is 5.92 Å². The van der Waals surface area contributed by atoms with E-state index in [1.165, 1.54) is 4.63 Å². The quantitative estimate of drug-likeness (QED) is 0.719. The zero-order valence-corrected chi connectivity index (χ0v) is 8.58. The minimum Gasteiger partial charge on any atom is -0.299 e. The third-order valence-electron chi connectivity index (χ3n) is 2.12. The van der Waals surface area contributed by atoms with Gasteiger partial charge in [0.05, 0.1) is 12.1 Å². The normalized spacial score (nSPS) is 11.1. The molecule has 0 bridgehead atoms. The molecule has 2 heterocycles. The fourth-order valence-corrected chi connectivity index (χ4v) is 1.16. The number of nitrogens with zero attached hydrogens (tertiary/aromatic N) is 5. The number of fused-ring (bicyclic) bond motifs is 1. The minimum atomic E-state index is 0.0244. The maximum atomic E-state index is 11.5. The Morgan fingerprint density at radius 3 is 3.00 bits per heavy atom. The lowest BCUT2D eigenvalue weighted by Crippen LogP contribution is -2.12. The second-order valence-electron chi connectivity index (χ2n) is 3.65. The van der Waals surface area contributed by atoms with E-state index in [0.29, 0.717) is 17.8 Å². The van der Waals surface area contributed by atoms with Crippen molar-refractivity contribution in [1.82, 2.24) is 25.3 Å². The Labute approximate surface area is 86.3 Å². The van der Waals surface area contributed by atoms with Crippen molar-refractivity contribution in [3.8, 4) is 0 Å². The molecule has 0 fully saturated rings. The van der Waals surface area contributed by atoms with Gasteiger partial charge in [-0.2, -0.15) is 5.10 Å². The molecule has 6 nitrogen and oxygen atoms in total. The van der Waals surface area contributed by atoms with Crippen molar-refractivity contribution in [3.63, 3.8) is 0 Å². The fourth-order valence-electron chi connectivity index (χ4n) is 1.16. The zero-order valence-electron chi connectivity index (χ0n) is 8.58. The average molecular weight is 205 g/mol. The largest absolute Gasteiger partial charge is 0.299 e. The molecule has 0 saturated heterocycles. The molecule has 0 atom stereocenters. The van der Waals surface area contributed by atoms with Crippen LogP contribution in [0.3, 0.4) is 0 Å². The average Bonchev–Trinajstić information content (AvgIpc) is 2.64. The summed E-state index contributed by atoms with van der Waals surface area (Å²) < 4.78 is 1.32. The van der Waals surface area contributed by atoms with Crippen LogP contribution in [0.5, 0.6) is 0 Å². The van der Waals surface area contributed by atoms with E-state index in [1.54, 1.807) is 12.1 Å². The van der Waals surface area contributed by atoms with Crippen LogP contribution in [-0.4, -0.2) is 31.0 Å². The highest BCUT2D eigenvalue weighted by molar-refractivity contribution is 5.82. The standard InChI is InChI=1S/C9H11N5O/c1-6(2)8(15)5-7-3-4-9-10-12-13-14(9)11-7/h3-4,6H,5H2,1-2H3. The molecule has 0 N–H and O–H groups in total. The first-order valence-electron chi connectivity index (χ1n) is 4.74. The van der Waals surface area contributed by atoms with Gasteiger partial charge < -0.3 is 0 Å². The van der Waals surface area contributed by atoms with E-state index >= 15 is 0 Å². The summed E-state index contributed by atoms with van der Waals surface area (Å²) in [5.41, 5.74) is 1.27. The van der Waals surface area contributed by atoms with Gasteiger partial charge in [0.1, 0.15) is 5.78 Å². The maximum absolute atomic E-state index is 11.5. The van der Waals surface area contributed by atoms with E-state index in [0.717, 1.165) is 0 Å². The number of Topliss-reactive ketones (excluding diaryl/α,β-unsaturated/α-hetero) is 1. The van der Waals surface area contributed by atoms with Crippen molar-refractivity contribution in [3.05, 3.63) is 17.8 Å². The molecule has 0 spiro atoms. The maximum Gasteiger partial charge on any atom is 0.199 e. The Hall–Kier alpha value is -1.85. The Kier molecular flexibility index (Phi) is 2.40. The van der Waals surface area contributed by atoms with Crippen LogP contribution < -0.4 is 0 Å². The number of hydrogen-bond acceptors (Lipinski definition) is 5. The third-order valence-corrected chi connectivity index (χ3v) is 2.12. The lowest BCUT2D eigenvalue weighted by molar-refractivity contribution is -0.121. The van der Waals surface area contributed by atoms with Gasteiger partial charge in [-0.1, -0.05) is 13.8 Å². The van der Waals surface area contributed by atoms with Crippen LogP contribution in [0.2, 0.25) is 0 Å². The van der Waals surface area contributed by atoms with Crippen molar-refractivity contribution in [2.24, 2.45) is 5.92 Å². The number of carbonyl (C=O) groups is 1. The van der Waals surface area contributed by atoms with E-state index in [9.17, 15) is 4.79 Å². The van der Waals surface area contributed by atoms with Crippen LogP contribution in [0.15, 0.2) is 12.1 Å².